The third-order valence-corrected chi connectivity index (χ3v) is 6.12. The van der Waals surface area contributed by atoms with Crippen LogP contribution in [-0.2, 0) is 0 Å². The van der Waals surface area contributed by atoms with Gasteiger partial charge in [-0.3, -0.25) is 0 Å². The molecular formula is C22H15N2S2+. The minimum Gasteiger partial charge on any atom is -0.144 e. The van der Waals surface area contributed by atoms with Crippen molar-refractivity contribution in [3.8, 4) is 26.7 Å². The molecule has 0 fully saturated rings. The fourth-order valence-electron chi connectivity index (χ4n) is 3.23. The molecule has 0 saturated heterocycles. The van der Waals surface area contributed by atoms with Crippen LogP contribution in [0.1, 0.15) is 0 Å². The topological polar surface area (TPSA) is 16.8 Å². The minimum absolute atomic E-state index is 1.00. The quantitative estimate of drug-likeness (QED) is 0.357. The van der Waals surface area contributed by atoms with E-state index >= 15 is 0 Å². The predicted molar refractivity (Wildman–Crippen MR) is 110 cm³/mol. The molecule has 26 heavy (non-hydrogen) atoms. The van der Waals surface area contributed by atoms with Gasteiger partial charge in [0.1, 0.15) is 10.4 Å². The van der Waals surface area contributed by atoms with Crippen LogP contribution in [0.15, 0.2) is 89.6 Å². The zero-order valence-electron chi connectivity index (χ0n) is 13.9. The molecule has 5 rings (SSSR count). The summed E-state index contributed by atoms with van der Waals surface area (Å²) < 4.78 is 2.09. The Kier molecular flexibility index (Phi) is 3.85. The Hall–Kier alpha value is -2.82. The van der Waals surface area contributed by atoms with E-state index in [9.17, 15) is 0 Å². The van der Waals surface area contributed by atoms with Crippen LogP contribution in [0, 0.1) is 0 Å². The third kappa shape index (κ3) is 2.55. The highest BCUT2D eigenvalue weighted by atomic mass is 32.1. The molecular weight excluding hydrogens is 356 g/mol. The van der Waals surface area contributed by atoms with Gasteiger partial charge < -0.3 is 0 Å². The molecule has 124 valence electrons. The SMILES string of the molecule is c1ccc(-[n+]2nc3ccccc3c(-c3cccs3)c2-c2cccs2)cc1. The van der Waals surface area contributed by atoms with Gasteiger partial charge in [0.2, 0.25) is 5.69 Å². The summed E-state index contributed by atoms with van der Waals surface area (Å²) in [5.74, 6) is 0. The Morgan fingerprint density at radius 2 is 1.35 bits per heavy atom. The van der Waals surface area contributed by atoms with Crippen molar-refractivity contribution in [1.82, 2.24) is 5.10 Å². The molecule has 0 N–H and O–H groups in total. The van der Waals surface area contributed by atoms with Gasteiger partial charge in [0.05, 0.1) is 5.56 Å². The van der Waals surface area contributed by atoms with Crippen LogP contribution in [0.4, 0.5) is 0 Å². The Balaban J connectivity index is 1.97. The third-order valence-electron chi connectivity index (χ3n) is 4.35. The van der Waals surface area contributed by atoms with Gasteiger partial charge in [-0.25, -0.2) is 0 Å². The number of nitrogens with zero attached hydrogens (tertiary/aromatic N) is 2. The fraction of sp³-hybridized carbons (Fsp3) is 0. The molecule has 0 amide bonds. The maximum absolute atomic E-state index is 5.00. The lowest BCUT2D eigenvalue weighted by atomic mass is 10.0. The lowest BCUT2D eigenvalue weighted by Crippen LogP contribution is -2.38. The number of para-hydroxylation sites is 1. The number of hydrogen-bond donors (Lipinski definition) is 0. The zero-order chi connectivity index (χ0) is 17.3. The van der Waals surface area contributed by atoms with Crippen LogP contribution in [0.25, 0.3) is 37.6 Å². The Morgan fingerprint density at radius 3 is 2.08 bits per heavy atom. The van der Waals surface area contributed by atoms with E-state index in [2.05, 4.69) is 82.2 Å². The molecule has 4 heteroatoms. The molecule has 0 aliphatic carbocycles. The highest BCUT2D eigenvalue weighted by molar-refractivity contribution is 7.14. The number of hydrogen-bond acceptors (Lipinski definition) is 3. The molecule has 3 aromatic heterocycles. The fourth-order valence-corrected chi connectivity index (χ4v) is 4.78. The second kappa shape index (κ2) is 6.48. The maximum atomic E-state index is 5.00. The van der Waals surface area contributed by atoms with E-state index in [4.69, 9.17) is 5.10 Å². The second-order valence-corrected chi connectivity index (χ2v) is 7.84. The molecule has 0 unspecified atom stereocenters. The van der Waals surface area contributed by atoms with Gasteiger partial charge in [0, 0.05) is 27.5 Å². The van der Waals surface area contributed by atoms with Crippen LogP contribution in [0.3, 0.4) is 0 Å². The molecule has 2 aromatic carbocycles. The van der Waals surface area contributed by atoms with Crippen LogP contribution in [0.2, 0.25) is 0 Å². The summed E-state index contributed by atoms with van der Waals surface area (Å²) in [7, 11) is 0. The average Bonchev–Trinajstić information content (AvgIpc) is 3.41. The largest absolute Gasteiger partial charge is 0.265 e. The molecule has 0 saturated carbocycles. The maximum Gasteiger partial charge on any atom is 0.265 e. The number of aromatic nitrogens is 2. The van der Waals surface area contributed by atoms with Gasteiger partial charge in [0.25, 0.3) is 5.69 Å². The molecule has 0 aliphatic heterocycles. The van der Waals surface area contributed by atoms with Crippen LogP contribution < -0.4 is 4.68 Å². The standard InChI is InChI=1S/C22H15N2S2/c1-2-8-16(9-3-1)24-22(20-13-7-15-26-20)21(19-12-6-14-25-19)17-10-4-5-11-18(17)23-24/h1-15H/q+1. The first kappa shape index (κ1) is 15.4. The lowest BCUT2D eigenvalue weighted by molar-refractivity contribution is -0.645. The van der Waals surface area contributed by atoms with E-state index in [1.54, 1.807) is 22.7 Å². The van der Waals surface area contributed by atoms with Gasteiger partial charge in [-0.2, -0.15) is 0 Å². The van der Waals surface area contributed by atoms with E-state index in [0.717, 1.165) is 16.9 Å². The second-order valence-electron chi connectivity index (χ2n) is 5.94. The van der Waals surface area contributed by atoms with E-state index in [-0.39, 0.29) is 0 Å². The van der Waals surface area contributed by atoms with Crippen molar-refractivity contribution in [2.45, 2.75) is 0 Å². The van der Waals surface area contributed by atoms with Gasteiger partial charge in [0.15, 0.2) is 0 Å². The van der Waals surface area contributed by atoms with Crippen molar-refractivity contribution in [3.05, 3.63) is 89.6 Å². The van der Waals surface area contributed by atoms with Crippen LogP contribution in [-0.4, -0.2) is 5.10 Å². The van der Waals surface area contributed by atoms with Crippen molar-refractivity contribution in [2.24, 2.45) is 0 Å². The van der Waals surface area contributed by atoms with Crippen molar-refractivity contribution >= 4 is 33.6 Å². The van der Waals surface area contributed by atoms with Gasteiger partial charge in [-0.15, -0.1) is 22.7 Å². The van der Waals surface area contributed by atoms with Crippen LogP contribution in [0.5, 0.6) is 0 Å². The predicted octanol–water partition coefficient (Wildman–Crippen LogP) is 5.97. The summed E-state index contributed by atoms with van der Waals surface area (Å²) >= 11 is 3.52. The van der Waals surface area contributed by atoms with Gasteiger partial charge >= 0.3 is 0 Å². The van der Waals surface area contributed by atoms with E-state index < -0.39 is 0 Å². The molecule has 0 atom stereocenters. The monoisotopic (exact) mass is 371 g/mol. The van der Waals surface area contributed by atoms with Crippen molar-refractivity contribution < 1.29 is 4.68 Å². The molecule has 0 aliphatic rings. The summed E-state index contributed by atoms with van der Waals surface area (Å²) in [5.41, 5.74) is 4.46. The van der Waals surface area contributed by atoms with Crippen molar-refractivity contribution in [2.75, 3.05) is 0 Å². The summed E-state index contributed by atoms with van der Waals surface area (Å²) in [5, 5.41) is 10.4. The van der Waals surface area contributed by atoms with E-state index in [0.29, 0.717) is 0 Å². The summed E-state index contributed by atoms with van der Waals surface area (Å²) in [4.78, 5) is 2.48. The lowest BCUT2D eigenvalue weighted by Gasteiger charge is -2.09. The smallest absolute Gasteiger partial charge is 0.144 e. The summed E-state index contributed by atoms with van der Waals surface area (Å²) in [6.45, 7) is 0. The molecule has 2 nitrogen and oxygen atoms in total. The highest BCUT2D eigenvalue weighted by Crippen LogP contribution is 2.39. The Labute approximate surface area is 159 Å². The number of rotatable bonds is 3. The number of thiophene rings is 2. The molecule has 3 heterocycles. The van der Waals surface area contributed by atoms with Gasteiger partial charge in [-0.05, 0) is 33.6 Å². The Morgan fingerprint density at radius 1 is 0.654 bits per heavy atom. The first-order chi connectivity index (χ1) is 12.9. The highest BCUT2D eigenvalue weighted by Gasteiger charge is 2.28. The number of benzene rings is 2. The number of fused-ring (bicyclic) bond motifs is 1. The first-order valence-corrected chi connectivity index (χ1v) is 10.2. The zero-order valence-corrected chi connectivity index (χ0v) is 15.5. The molecule has 0 bridgehead atoms. The molecule has 5 aromatic rings. The van der Waals surface area contributed by atoms with Crippen LogP contribution >= 0.6 is 22.7 Å². The van der Waals surface area contributed by atoms with Gasteiger partial charge in [-0.1, -0.05) is 48.5 Å². The summed E-state index contributed by atoms with van der Waals surface area (Å²) in [6, 6.07) is 27.3. The molecule has 0 spiro atoms. The van der Waals surface area contributed by atoms with E-state index in [1.807, 2.05) is 12.1 Å². The average molecular weight is 372 g/mol. The minimum atomic E-state index is 1.00. The summed E-state index contributed by atoms with van der Waals surface area (Å²) in [6.07, 6.45) is 0. The molecule has 0 radical (unpaired) electrons. The first-order valence-electron chi connectivity index (χ1n) is 8.40. The van der Waals surface area contributed by atoms with Crippen molar-refractivity contribution in [1.29, 1.82) is 0 Å². The van der Waals surface area contributed by atoms with Crippen molar-refractivity contribution in [3.63, 3.8) is 0 Å². The van der Waals surface area contributed by atoms with E-state index in [1.165, 1.54) is 20.7 Å². The normalized spacial score (nSPS) is 11.1. The Bertz CT molecular complexity index is 1160.